The van der Waals surface area contributed by atoms with Crippen molar-refractivity contribution in [2.75, 3.05) is 0 Å². The quantitative estimate of drug-likeness (QED) is 0.547. The van der Waals surface area contributed by atoms with E-state index in [2.05, 4.69) is 46.3 Å². The Morgan fingerprint density at radius 3 is 1.84 bits per heavy atom. The van der Waals surface area contributed by atoms with Gasteiger partial charge in [0.1, 0.15) is 5.75 Å². The van der Waals surface area contributed by atoms with Crippen molar-refractivity contribution in [3.05, 3.63) is 30.3 Å². The van der Waals surface area contributed by atoms with Gasteiger partial charge in [-0.25, -0.2) is 0 Å². The Labute approximate surface area is 116 Å². The fourth-order valence-electron chi connectivity index (χ4n) is 2.30. The van der Waals surface area contributed by atoms with Gasteiger partial charge in [-0.1, -0.05) is 59.7 Å². The summed E-state index contributed by atoms with van der Waals surface area (Å²) in [5.74, 6) is 0.777. The maximum Gasteiger partial charge on any atom is 0.207 e. The molecular weight excluding hydrogens is 255 g/mol. The molecule has 19 heavy (non-hydrogen) atoms. The van der Waals surface area contributed by atoms with E-state index in [1.54, 1.807) is 0 Å². The van der Waals surface area contributed by atoms with Gasteiger partial charge in [0, 0.05) is 10.3 Å². The first-order valence-corrected chi connectivity index (χ1v) is 8.05. The molecule has 0 amide bonds. The molecule has 3 nitrogen and oxygen atoms in total. The molecule has 0 radical (unpaired) electrons. The van der Waals surface area contributed by atoms with Gasteiger partial charge in [-0.2, -0.15) is 10.0 Å². The third-order valence-electron chi connectivity index (χ3n) is 2.98. The molecule has 0 unspecified atom stereocenters. The van der Waals surface area contributed by atoms with E-state index in [1.165, 1.54) is 0 Å². The van der Waals surface area contributed by atoms with E-state index in [0.29, 0.717) is 0 Å². The minimum atomic E-state index is -2.32. The lowest BCUT2D eigenvalue weighted by atomic mass is 10.2. The predicted molar refractivity (Wildman–Crippen MR) is 81.5 cm³/mol. The number of benzene rings is 1. The molecule has 0 heterocycles. The van der Waals surface area contributed by atoms with Gasteiger partial charge in [-0.05, 0) is 12.1 Å². The van der Waals surface area contributed by atoms with Gasteiger partial charge in [0.05, 0.1) is 0 Å². The van der Waals surface area contributed by atoms with Crippen LogP contribution in [0.3, 0.4) is 0 Å². The van der Waals surface area contributed by atoms with Crippen molar-refractivity contribution in [2.24, 2.45) is 4.74 Å². The Morgan fingerprint density at radius 1 is 1.00 bits per heavy atom. The summed E-state index contributed by atoms with van der Waals surface area (Å²) in [5.41, 5.74) is 0. The lowest BCUT2D eigenvalue weighted by molar-refractivity contribution is 0.518. The smallest absolute Gasteiger partial charge is 0.207 e. The summed E-state index contributed by atoms with van der Waals surface area (Å²) >= 11 is 0. The minimum absolute atomic E-state index is 0.198. The molecule has 0 aliphatic carbocycles. The molecule has 0 aliphatic rings. The third-order valence-corrected chi connectivity index (χ3v) is 7.47. The van der Waals surface area contributed by atoms with Crippen molar-refractivity contribution in [2.45, 2.75) is 51.9 Å². The topological polar surface area (TPSA) is 45.4 Å². The Bertz CT molecular complexity index is 498. The van der Waals surface area contributed by atoms with Gasteiger partial charge in [-0.15, -0.1) is 0 Å². The van der Waals surface area contributed by atoms with E-state index in [-0.39, 0.29) is 10.3 Å². The van der Waals surface area contributed by atoms with Crippen LogP contribution in [0.15, 0.2) is 35.1 Å². The van der Waals surface area contributed by atoms with E-state index in [4.69, 9.17) is 9.79 Å². The van der Waals surface area contributed by atoms with Gasteiger partial charge in [-0.3, -0.25) is 0 Å². The summed E-state index contributed by atoms with van der Waals surface area (Å²) in [6.45, 7) is 12.6. The van der Waals surface area contributed by atoms with Crippen LogP contribution in [0.2, 0.25) is 0 Å². The second-order valence-corrected chi connectivity index (χ2v) is 10.7. The molecule has 0 saturated carbocycles. The maximum absolute atomic E-state index is 9.14. The molecule has 0 atom stereocenters. The van der Waals surface area contributed by atoms with Crippen LogP contribution in [0.25, 0.3) is 0 Å². The van der Waals surface area contributed by atoms with Gasteiger partial charge < -0.3 is 4.52 Å². The Morgan fingerprint density at radius 2 is 1.47 bits per heavy atom. The largest absolute Gasteiger partial charge is 0.458 e. The molecule has 0 spiro atoms. The zero-order chi connectivity index (χ0) is 14.7. The summed E-state index contributed by atoms with van der Waals surface area (Å²) in [5, 5.41) is 8.74. The van der Waals surface area contributed by atoms with Crippen molar-refractivity contribution >= 4 is 7.28 Å². The van der Waals surface area contributed by atoms with Crippen LogP contribution in [0.5, 0.6) is 5.75 Å². The first-order chi connectivity index (χ1) is 8.64. The summed E-state index contributed by atoms with van der Waals surface area (Å²) in [4.78, 5) is 0. The van der Waals surface area contributed by atoms with Crippen LogP contribution in [0, 0.1) is 11.5 Å². The van der Waals surface area contributed by atoms with Crippen LogP contribution in [0.1, 0.15) is 41.5 Å². The van der Waals surface area contributed by atoms with Crippen LogP contribution in [-0.2, 0) is 0 Å². The number of nitriles is 1. The van der Waals surface area contributed by atoms with Gasteiger partial charge >= 0.3 is 0 Å². The highest BCUT2D eigenvalue weighted by atomic mass is 31.2. The molecule has 0 N–H and O–H groups in total. The molecule has 1 rings (SSSR count). The molecule has 0 fully saturated rings. The molecular formula is C15H23N2OP. The van der Waals surface area contributed by atoms with Crippen LogP contribution in [0.4, 0.5) is 0 Å². The Balaban J connectivity index is 3.45. The van der Waals surface area contributed by atoms with E-state index in [0.717, 1.165) is 5.75 Å². The molecule has 0 saturated heterocycles. The Hall–Kier alpha value is -1.26. The number of hydrogen-bond acceptors (Lipinski definition) is 3. The van der Waals surface area contributed by atoms with Crippen molar-refractivity contribution in [3.63, 3.8) is 0 Å². The highest BCUT2D eigenvalue weighted by Crippen LogP contribution is 2.69. The molecule has 1 aromatic rings. The molecule has 0 aromatic heterocycles. The third kappa shape index (κ3) is 3.19. The van der Waals surface area contributed by atoms with Gasteiger partial charge in [0.2, 0.25) is 6.19 Å². The molecule has 4 heteroatoms. The first-order valence-electron chi connectivity index (χ1n) is 6.39. The molecule has 0 aliphatic heterocycles. The second kappa shape index (κ2) is 5.39. The van der Waals surface area contributed by atoms with Crippen LogP contribution in [-0.4, -0.2) is 10.3 Å². The SMILES string of the molecule is CC(C)(C)P(=NC#N)(Oc1ccccc1)C(C)(C)C. The maximum atomic E-state index is 9.14. The standard InChI is InChI=1S/C15H23N2OP/c1-14(2,3)19(17-12-16,15(4,5)6)18-13-10-8-7-9-11-13/h7-11H,1-6H3. The van der Waals surface area contributed by atoms with Crippen molar-refractivity contribution in [1.82, 2.24) is 0 Å². The Kier molecular flexibility index (Phi) is 4.48. The first kappa shape index (κ1) is 15.8. The molecule has 1 aromatic carbocycles. The normalized spacial score (nSPS) is 12.7. The van der Waals surface area contributed by atoms with Crippen molar-refractivity contribution in [3.8, 4) is 11.9 Å². The van der Waals surface area contributed by atoms with E-state index < -0.39 is 7.28 Å². The lowest BCUT2D eigenvalue weighted by Gasteiger charge is -2.44. The fourth-order valence-corrected chi connectivity index (χ4v) is 6.05. The summed E-state index contributed by atoms with van der Waals surface area (Å²) in [6.07, 6.45) is 1.99. The van der Waals surface area contributed by atoms with E-state index >= 15 is 0 Å². The van der Waals surface area contributed by atoms with Gasteiger partial charge in [0.25, 0.3) is 0 Å². The minimum Gasteiger partial charge on any atom is -0.458 e. The van der Waals surface area contributed by atoms with E-state index in [9.17, 15) is 0 Å². The van der Waals surface area contributed by atoms with Crippen LogP contribution >= 0.6 is 7.28 Å². The van der Waals surface area contributed by atoms with Crippen LogP contribution < -0.4 is 4.52 Å². The number of para-hydroxylation sites is 1. The van der Waals surface area contributed by atoms with E-state index in [1.807, 2.05) is 36.5 Å². The zero-order valence-electron chi connectivity index (χ0n) is 12.6. The molecule has 104 valence electrons. The average Bonchev–Trinajstić information content (AvgIpc) is 2.26. The fraction of sp³-hybridized carbons (Fsp3) is 0.533. The summed E-state index contributed by atoms with van der Waals surface area (Å²) < 4.78 is 10.6. The number of nitrogens with zero attached hydrogens (tertiary/aromatic N) is 2. The number of rotatable bonds is 2. The summed E-state index contributed by atoms with van der Waals surface area (Å²) in [6, 6.07) is 9.64. The highest BCUT2D eigenvalue weighted by Gasteiger charge is 2.46. The van der Waals surface area contributed by atoms with Gasteiger partial charge in [0.15, 0.2) is 7.28 Å². The highest BCUT2D eigenvalue weighted by molar-refractivity contribution is 7.65. The lowest BCUT2D eigenvalue weighted by Crippen LogP contribution is -2.31. The monoisotopic (exact) mass is 278 g/mol. The number of hydrogen-bond donors (Lipinski definition) is 0. The summed E-state index contributed by atoms with van der Waals surface area (Å²) in [7, 11) is -2.32. The average molecular weight is 278 g/mol. The van der Waals surface area contributed by atoms with Crippen molar-refractivity contribution in [1.29, 1.82) is 5.26 Å². The second-order valence-electron chi connectivity index (χ2n) is 6.52. The predicted octanol–water partition coefficient (Wildman–Crippen LogP) is 5.26. The molecule has 0 bridgehead atoms. The van der Waals surface area contributed by atoms with Crippen molar-refractivity contribution < 1.29 is 4.52 Å². The zero-order valence-corrected chi connectivity index (χ0v) is 13.5.